The maximum atomic E-state index is 12.8. The van der Waals surface area contributed by atoms with Gasteiger partial charge in [0.25, 0.3) is 10.0 Å². The fraction of sp³-hybridized carbons (Fsp3) is 0.250. The van der Waals surface area contributed by atoms with E-state index >= 15 is 0 Å². The van der Waals surface area contributed by atoms with Gasteiger partial charge in [0.2, 0.25) is 0 Å². The van der Waals surface area contributed by atoms with Crippen molar-refractivity contribution in [3.63, 3.8) is 0 Å². The first-order chi connectivity index (χ1) is 12.0. The third-order valence-electron chi connectivity index (χ3n) is 4.82. The zero-order valence-electron chi connectivity index (χ0n) is 14.4. The van der Waals surface area contributed by atoms with Gasteiger partial charge in [0.05, 0.1) is 0 Å². The molecule has 0 radical (unpaired) electrons. The van der Waals surface area contributed by atoms with Crippen molar-refractivity contribution in [2.24, 2.45) is 4.40 Å². The van der Waals surface area contributed by atoms with Gasteiger partial charge in [-0.15, -0.1) is 4.40 Å². The highest BCUT2D eigenvalue weighted by Gasteiger charge is 2.35. The highest BCUT2D eigenvalue weighted by Crippen LogP contribution is 2.37. The number of hydrogen-bond acceptors (Lipinski definition) is 3. The highest BCUT2D eigenvalue weighted by molar-refractivity contribution is 8.00. The number of benzene rings is 2. The lowest BCUT2D eigenvalue weighted by atomic mass is 10.0. The van der Waals surface area contributed by atoms with Crippen molar-refractivity contribution in [2.75, 3.05) is 11.4 Å². The Morgan fingerprint density at radius 1 is 1.00 bits per heavy atom. The fourth-order valence-corrected chi connectivity index (χ4v) is 5.07. The predicted molar refractivity (Wildman–Crippen MR) is 102 cm³/mol. The van der Waals surface area contributed by atoms with Crippen LogP contribution < -0.4 is 4.90 Å². The van der Waals surface area contributed by atoms with Crippen LogP contribution in [0, 0.1) is 6.92 Å². The van der Waals surface area contributed by atoms with E-state index in [1.807, 2.05) is 61.2 Å². The van der Waals surface area contributed by atoms with Crippen LogP contribution in [0.3, 0.4) is 0 Å². The number of amidine groups is 1. The summed E-state index contributed by atoms with van der Waals surface area (Å²) in [7, 11) is -3.68. The number of rotatable bonds is 1. The Morgan fingerprint density at radius 3 is 2.48 bits per heavy atom. The molecule has 2 aromatic carbocycles. The van der Waals surface area contributed by atoms with E-state index in [0.29, 0.717) is 16.3 Å². The molecular formula is C20H20N2O2S. The Bertz CT molecular complexity index is 1000. The van der Waals surface area contributed by atoms with Gasteiger partial charge in [0.15, 0.2) is 5.84 Å². The monoisotopic (exact) mass is 352 g/mol. The molecule has 0 aromatic heterocycles. The summed E-state index contributed by atoms with van der Waals surface area (Å²) < 4.78 is 29.6. The molecule has 0 atom stereocenters. The molecule has 0 aliphatic carbocycles. The van der Waals surface area contributed by atoms with Crippen molar-refractivity contribution in [1.82, 2.24) is 0 Å². The normalized spacial score (nSPS) is 19.0. The van der Waals surface area contributed by atoms with Gasteiger partial charge in [0.1, 0.15) is 4.91 Å². The number of hydrogen-bond donors (Lipinski definition) is 0. The minimum absolute atomic E-state index is 0.325. The average Bonchev–Trinajstić information content (AvgIpc) is 2.84. The summed E-state index contributed by atoms with van der Waals surface area (Å²) in [5.41, 5.74) is 4.83. The molecule has 0 saturated carbocycles. The largest absolute Gasteiger partial charge is 0.325 e. The number of sulfonamides is 1. The van der Waals surface area contributed by atoms with Gasteiger partial charge in [-0.25, -0.2) is 0 Å². The number of aryl methyl sites for hydroxylation is 2. The quantitative estimate of drug-likeness (QED) is 0.781. The van der Waals surface area contributed by atoms with Crippen molar-refractivity contribution in [2.45, 2.75) is 26.7 Å². The Hall–Kier alpha value is -2.40. The molecule has 0 unspecified atom stereocenters. The summed E-state index contributed by atoms with van der Waals surface area (Å²) in [6.07, 6.45) is 2.00. The topological polar surface area (TPSA) is 49.7 Å². The lowest BCUT2D eigenvalue weighted by Gasteiger charge is -2.31. The average molecular weight is 352 g/mol. The Balaban J connectivity index is 1.84. The molecule has 0 saturated heterocycles. The third-order valence-corrected chi connectivity index (χ3v) is 6.29. The fourth-order valence-electron chi connectivity index (χ4n) is 3.60. The molecule has 0 amide bonds. The second kappa shape index (κ2) is 5.85. The summed E-state index contributed by atoms with van der Waals surface area (Å²) in [4.78, 5) is 2.37. The van der Waals surface area contributed by atoms with Gasteiger partial charge >= 0.3 is 0 Å². The molecule has 2 aliphatic rings. The van der Waals surface area contributed by atoms with E-state index in [1.165, 1.54) is 5.56 Å². The first-order valence-electron chi connectivity index (χ1n) is 8.46. The van der Waals surface area contributed by atoms with E-state index in [-0.39, 0.29) is 0 Å². The van der Waals surface area contributed by atoms with Gasteiger partial charge in [-0.1, -0.05) is 48.0 Å². The summed E-state index contributed by atoms with van der Waals surface area (Å²) in [6, 6.07) is 15.7. The maximum Gasteiger partial charge on any atom is 0.285 e. The summed E-state index contributed by atoms with van der Waals surface area (Å²) in [5.74, 6) is 0.558. The SMILES string of the molecule is CC1=C(c2ccc(C)cc2)S(=O)(=O)N=C1N1CCCc2ccccc21. The minimum Gasteiger partial charge on any atom is -0.325 e. The molecule has 0 bridgehead atoms. The van der Waals surface area contributed by atoms with Gasteiger partial charge in [0, 0.05) is 17.8 Å². The number of fused-ring (bicyclic) bond motifs is 1. The van der Waals surface area contributed by atoms with Crippen LogP contribution in [0.2, 0.25) is 0 Å². The third kappa shape index (κ3) is 2.68. The van der Waals surface area contributed by atoms with Crippen LogP contribution in [0.15, 0.2) is 58.5 Å². The molecule has 0 fully saturated rings. The summed E-state index contributed by atoms with van der Waals surface area (Å²) >= 11 is 0. The Morgan fingerprint density at radius 2 is 1.72 bits per heavy atom. The van der Waals surface area contributed by atoms with Crippen LogP contribution in [0.4, 0.5) is 5.69 Å². The molecule has 4 rings (SSSR count). The molecule has 128 valence electrons. The molecular weight excluding hydrogens is 332 g/mol. The van der Waals surface area contributed by atoms with Gasteiger partial charge in [-0.3, -0.25) is 0 Å². The van der Waals surface area contributed by atoms with Gasteiger partial charge < -0.3 is 4.90 Å². The Labute approximate surface area is 148 Å². The van der Waals surface area contributed by atoms with Crippen LogP contribution in [0.25, 0.3) is 4.91 Å². The number of anilines is 1. The second-order valence-corrected chi connectivity index (χ2v) is 8.13. The molecule has 2 heterocycles. The lowest BCUT2D eigenvalue weighted by Crippen LogP contribution is -2.35. The molecule has 0 spiro atoms. The first kappa shape index (κ1) is 16.1. The van der Waals surface area contributed by atoms with Gasteiger partial charge in [-0.2, -0.15) is 8.42 Å². The van der Waals surface area contributed by atoms with E-state index in [2.05, 4.69) is 10.5 Å². The summed E-state index contributed by atoms with van der Waals surface area (Å²) in [6.45, 7) is 4.63. The first-order valence-corrected chi connectivity index (χ1v) is 9.90. The van der Waals surface area contributed by atoms with Crippen molar-refractivity contribution in [3.05, 3.63) is 70.8 Å². The van der Waals surface area contributed by atoms with Crippen LogP contribution >= 0.6 is 0 Å². The number of para-hydroxylation sites is 1. The van der Waals surface area contributed by atoms with Crippen LogP contribution in [-0.4, -0.2) is 20.8 Å². The lowest BCUT2D eigenvalue weighted by molar-refractivity contribution is 0.608. The molecule has 4 nitrogen and oxygen atoms in total. The second-order valence-electron chi connectivity index (χ2n) is 6.59. The zero-order chi connectivity index (χ0) is 17.6. The molecule has 25 heavy (non-hydrogen) atoms. The minimum atomic E-state index is -3.68. The molecule has 2 aliphatic heterocycles. The predicted octanol–water partition coefficient (Wildman–Crippen LogP) is 3.92. The van der Waals surface area contributed by atoms with Crippen molar-refractivity contribution in [1.29, 1.82) is 0 Å². The molecule has 0 N–H and O–H groups in total. The zero-order valence-corrected chi connectivity index (χ0v) is 15.2. The van der Waals surface area contributed by atoms with Crippen molar-refractivity contribution >= 4 is 26.5 Å². The number of nitrogens with zero attached hydrogens (tertiary/aromatic N) is 2. The van der Waals surface area contributed by atoms with Crippen molar-refractivity contribution in [3.8, 4) is 0 Å². The van der Waals surface area contributed by atoms with Crippen LogP contribution in [0.1, 0.15) is 30.0 Å². The van der Waals surface area contributed by atoms with Gasteiger partial charge in [-0.05, 0) is 43.9 Å². The smallest absolute Gasteiger partial charge is 0.285 e. The summed E-state index contributed by atoms with van der Waals surface area (Å²) in [5, 5.41) is 0. The van der Waals surface area contributed by atoms with Crippen LogP contribution in [0.5, 0.6) is 0 Å². The standard InChI is InChI=1S/C20H20N2O2S/c1-14-9-11-17(12-10-14)19-15(2)20(21-25(19,23)24)22-13-5-7-16-6-3-4-8-18(16)22/h3-4,6,8-12H,5,7,13H2,1-2H3. The highest BCUT2D eigenvalue weighted by atomic mass is 32.2. The molecule has 2 aromatic rings. The maximum absolute atomic E-state index is 12.8. The van der Waals surface area contributed by atoms with E-state index in [4.69, 9.17) is 0 Å². The molecule has 5 heteroatoms. The van der Waals surface area contributed by atoms with E-state index in [9.17, 15) is 8.42 Å². The Kier molecular flexibility index (Phi) is 3.76. The van der Waals surface area contributed by atoms with Crippen molar-refractivity contribution < 1.29 is 8.42 Å². The van der Waals surface area contributed by atoms with Crippen LogP contribution in [-0.2, 0) is 16.4 Å². The van der Waals surface area contributed by atoms with E-state index < -0.39 is 10.0 Å². The van der Waals surface area contributed by atoms with E-state index in [0.717, 1.165) is 36.2 Å². The van der Waals surface area contributed by atoms with E-state index in [1.54, 1.807) is 0 Å².